The lowest BCUT2D eigenvalue weighted by molar-refractivity contribution is 1.28. The summed E-state index contributed by atoms with van der Waals surface area (Å²) in [5.74, 6) is 0. The molecule has 0 N–H and O–H groups in total. The highest BCUT2D eigenvalue weighted by atomic mass is 32.1. The number of hydrogen-bond donors (Lipinski definition) is 0. The summed E-state index contributed by atoms with van der Waals surface area (Å²) in [5.41, 5.74) is 13.1. The zero-order valence-electron chi connectivity index (χ0n) is 29.6. The summed E-state index contributed by atoms with van der Waals surface area (Å²) in [4.78, 5) is 2.33. The van der Waals surface area contributed by atoms with Crippen molar-refractivity contribution in [3.8, 4) is 44.5 Å². The zero-order chi connectivity index (χ0) is 35.8. The lowest BCUT2D eigenvalue weighted by Crippen LogP contribution is -2.09. The average Bonchev–Trinajstić information content (AvgIpc) is 3.64. The SMILES string of the molecule is c1ccc(N(c2ccc(-c3ccc(-c4cccc(-c5ccc6ccccc6c5)c4)cc3)cc2)c2ccc(-c3cccc4c3sc3ccccc34)cc2)cc1. The van der Waals surface area contributed by atoms with Gasteiger partial charge in [-0.25, -0.2) is 0 Å². The molecule has 0 bridgehead atoms. The largest absolute Gasteiger partial charge is 0.311 e. The molecule has 0 unspecified atom stereocenters. The molecule has 1 heterocycles. The van der Waals surface area contributed by atoms with Gasteiger partial charge in [-0.1, -0.05) is 158 Å². The second-order valence-electron chi connectivity index (χ2n) is 13.8. The van der Waals surface area contributed by atoms with Gasteiger partial charge in [-0.2, -0.15) is 0 Å². The molecule has 1 nitrogen and oxygen atoms in total. The molecular weight excluding hydrogens is 671 g/mol. The van der Waals surface area contributed by atoms with E-state index in [-0.39, 0.29) is 0 Å². The number of nitrogens with zero attached hydrogens (tertiary/aromatic N) is 1. The maximum atomic E-state index is 2.33. The molecule has 0 atom stereocenters. The minimum atomic E-state index is 1.12. The maximum Gasteiger partial charge on any atom is 0.0462 e. The third-order valence-corrected chi connectivity index (χ3v) is 11.7. The molecular formula is C52H35NS. The lowest BCUT2D eigenvalue weighted by Gasteiger charge is -2.26. The van der Waals surface area contributed by atoms with E-state index in [9.17, 15) is 0 Å². The standard InChI is InChI=1S/C52H35NS/c1-2-14-45(15-3-1)53(47-32-28-40(29-33-47)48-17-9-18-50-49-16-6-7-19-51(49)54-52(48)50)46-30-26-38(27-31-46)37-20-22-39(23-21-37)42-12-8-13-43(34-42)44-25-24-36-10-4-5-11-41(36)35-44/h1-35H. The third-order valence-electron chi connectivity index (χ3n) is 10.5. The molecule has 0 aliphatic rings. The molecule has 0 aliphatic carbocycles. The summed E-state index contributed by atoms with van der Waals surface area (Å²) in [6.45, 7) is 0. The summed E-state index contributed by atoms with van der Waals surface area (Å²) in [7, 11) is 0. The van der Waals surface area contributed by atoms with Gasteiger partial charge < -0.3 is 4.90 Å². The van der Waals surface area contributed by atoms with Crippen LogP contribution in [0, 0.1) is 0 Å². The van der Waals surface area contributed by atoms with Gasteiger partial charge in [0.1, 0.15) is 0 Å². The summed E-state index contributed by atoms with van der Waals surface area (Å²) in [6, 6.07) is 77.0. The first-order valence-electron chi connectivity index (χ1n) is 18.4. The normalized spacial score (nSPS) is 11.3. The molecule has 0 fully saturated rings. The number of para-hydroxylation sites is 1. The van der Waals surface area contributed by atoms with Crippen LogP contribution in [-0.4, -0.2) is 0 Å². The second-order valence-corrected chi connectivity index (χ2v) is 14.8. The van der Waals surface area contributed by atoms with Crippen LogP contribution in [-0.2, 0) is 0 Å². The van der Waals surface area contributed by atoms with E-state index < -0.39 is 0 Å². The van der Waals surface area contributed by atoms with Crippen LogP contribution in [0.3, 0.4) is 0 Å². The fourth-order valence-electron chi connectivity index (χ4n) is 7.69. The van der Waals surface area contributed by atoms with Gasteiger partial charge >= 0.3 is 0 Å². The van der Waals surface area contributed by atoms with Crippen molar-refractivity contribution in [1.29, 1.82) is 0 Å². The van der Waals surface area contributed by atoms with Crippen molar-refractivity contribution in [2.24, 2.45) is 0 Å². The van der Waals surface area contributed by atoms with Crippen LogP contribution in [0.4, 0.5) is 17.1 Å². The number of fused-ring (bicyclic) bond motifs is 4. The van der Waals surface area contributed by atoms with E-state index in [4.69, 9.17) is 0 Å². The van der Waals surface area contributed by atoms with Crippen molar-refractivity contribution in [3.05, 3.63) is 212 Å². The minimum Gasteiger partial charge on any atom is -0.311 e. The summed E-state index contributed by atoms with van der Waals surface area (Å²) in [5, 5.41) is 5.18. The fourth-order valence-corrected chi connectivity index (χ4v) is 8.93. The van der Waals surface area contributed by atoms with Crippen LogP contribution >= 0.6 is 11.3 Å². The van der Waals surface area contributed by atoms with Crippen LogP contribution in [0.1, 0.15) is 0 Å². The monoisotopic (exact) mass is 705 g/mol. The molecule has 9 aromatic carbocycles. The van der Waals surface area contributed by atoms with Gasteiger partial charge in [0.25, 0.3) is 0 Å². The smallest absolute Gasteiger partial charge is 0.0462 e. The Bertz CT molecular complexity index is 2900. The van der Waals surface area contributed by atoms with Crippen LogP contribution < -0.4 is 4.90 Å². The Morgan fingerprint density at radius 2 is 0.796 bits per heavy atom. The first-order valence-corrected chi connectivity index (χ1v) is 19.2. The Kier molecular flexibility index (Phi) is 8.09. The minimum absolute atomic E-state index is 1.12. The Hall–Kier alpha value is -6.74. The molecule has 254 valence electrons. The van der Waals surface area contributed by atoms with E-state index in [1.807, 2.05) is 11.3 Å². The molecule has 10 rings (SSSR count). The second kappa shape index (κ2) is 13.7. The van der Waals surface area contributed by atoms with Gasteiger partial charge in [-0.3, -0.25) is 0 Å². The number of rotatable bonds is 7. The number of anilines is 3. The van der Waals surface area contributed by atoms with E-state index in [0.717, 1.165) is 17.1 Å². The summed E-state index contributed by atoms with van der Waals surface area (Å²) < 4.78 is 2.67. The zero-order valence-corrected chi connectivity index (χ0v) is 30.4. The molecule has 2 heteroatoms. The van der Waals surface area contributed by atoms with Crippen LogP contribution in [0.25, 0.3) is 75.5 Å². The van der Waals surface area contributed by atoms with Gasteiger partial charge in [0, 0.05) is 37.2 Å². The molecule has 0 radical (unpaired) electrons. The predicted octanol–water partition coefficient (Wildman–Crippen LogP) is 15.3. The highest BCUT2D eigenvalue weighted by Crippen LogP contribution is 2.42. The number of thiophene rings is 1. The maximum absolute atomic E-state index is 2.33. The molecule has 54 heavy (non-hydrogen) atoms. The number of hydrogen-bond acceptors (Lipinski definition) is 2. The molecule has 1 aromatic heterocycles. The summed E-state index contributed by atoms with van der Waals surface area (Å²) >= 11 is 1.88. The van der Waals surface area contributed by atoms with Crippen molar-refractivity contribution in [2.75, 3.05) is 4.90 Å². The van der Waals surface area contributed by atoms with Crippen molar-refractivity contribution < 1.29 is 0 Å². The summed E-state index contributed by atoms with van der Waals surface area (Å²) in [6.07, 6.45) is 0. The van der Waals surface area contributed by atoms with Crippen LogP contribution in [0.2, 0.25) is 0 Å². The van der Waals surface area contributed by atoms with E-state index in [0.29, 0.717) is 0 Å². The predicted molar refractivity (Wildman–Crippen MR) is 233 cm³/mol. The van der Waals surface area contributed by atoms with Crippen molar-refractivity contribution in [1.82, 2.24) is 0 Å². The van der Waals surface area contributed by atoms with Gasteiger partial charge in [0.15, 0.2) is 0 Å². The molecule has 0 saturated heterocycles. The molecule has 0 spiro atoms. The first kappa shape index (κ1) is 32.0. The Morgan fingerprint density at radius 3 is 1.54 bits per heavy atom. The topological polar surface area (TPSA) is 3.24 Å². The lowest BCUT2D eigenvalue weighted by atomic mass is 9.96. The first-order chi connectivity index (χ1) is 26.7. The quantitative estimate of drug-likeness (QED) is 0.160. The van der Waals surface area contributed by atoms with Crippen LogP contribution in [0.15, 0.2) is 212 Å². The van der Waals surface area contributed by atoms with E-state index in [1.54, 1.807) is 0 Å². The third kappa shape index (κ3) is 5.93. The van der Waals surface area contributed by atoms with Crippen molar-refractivity contribution >= 4 is 59.3 Å². The van der Waals surface area contributed by atoms with Crippen LogP contribution in [0.5, 0.6) is 0 Å². The van der Waals surface area contributed by atoms with E-state index in [1.165, 1.54) is 75.5 Å². The average molecular weight is 706 g/mol. The highest BCUT2D eigenvalue weighted by Gasteiger charge is 2.15. The van der Waals surface area contributed by atoms with Gasteiger partial charge in [-0.15, -0.1) is 11.3 Å². The Labute approximate surface area is 319 Å². The molecule has 0 aliphatic heterocycles. The Morgan fingerprint density at radius 1 is 0.296 bits per heavy atom. The molecule has 0 amide bonds. The molecule has 0 saturated carbocycles. The van der Waals surface area contributed by atoms with Gasteiger partial charge in [-0.05, 0) is 110 Å². The highest BCUT2D eigenvalue weighted by molar-refractivity contribution is 7.26. The Balaban J connectivity index is 0.926. The molecule has 10 aromatic rings. The number of benzene rings is 9. The van der Waals surface area contributed by atoms with E-state index in [2.05, 4.69) is 217 Å². The fraction of sp³-hybridized carbons (Fsp3) is 0. The van der Waals surface area contributed by atoms with Gasteiger partial charge in [0.2, 0.25) is 0 Å². The van der Waals surface area contributed by atoms with Gasteiger partial charge in [0.05, 0.1) is 0 Å². The van der Waals surface area contributed by atoms with Crippen molar-refractivity contribution in [2.45, 2.75) is 0 Å². The van der Waals surface area contributed by atoms with Crippen molar-refractivity contribution in [3.63, 3.8) is 0 Å². The van der Waals surface area contributed by atoms with E-state index >= 15 is 0 Å².